The lowest BCUT2D eigenvalue weighted by atomic mass is 9.75. The number of esters is 1. The molecular weight excluding hydrogens is 1060 g/mol. The normalized spacial score (nSPS) is 40.9. The van der Waals surface area contributed by atoms with E-state index in [4.69, 9.17) is 61.6 Å². The molecule has 25 heteroatoms. The number of fused-ring (bicyclic) bond motifs is 2. The lowest BCUT2D eigenvalue weighted by molar-refractivity contribution is -0.334. The molecule has 0 radical (unpaired) electrons. The van der Waals surface area contributed by atoms with E-state index in [9.17, 15) is 55.5 Å². The van der Waals surface area contributed by atoms with Gasteiger partial charge in [0.2, 0.25) is 6.29 Å². The van der Waals surface area contributed by atoms with Crippen LogP contribution in [0.25, 0.3) is 10.8 Å². The number of aromatic hydroxyl groups is 2. The molecule has 1 aliphatic carbocycles. The summed E-state index contributed by atoms with van der Waals surface area (Å²) in [5, 5.41) is 99.8. The van der Waals surface area contributed by atoms with Crippen molar-refractivity contribution >= 4 is 28.3 Å². The number of hydrogen-bond donors (Lipinski definition) is 9. The molecule has 8 rings (SSSR count). The van der Waals surface area contributed by atoms with Crippen LogP contribution in [0.2, 0.25) is 0 Å². The molecule has 0 aromatic heterocycles. The lowest BCUT2D eigenvalue weighted by Crippen LogP contribution is -2.59. The summed E-state index contributed by atoms with van der Waals surface area (Å²) in [5.41, 5.74) is -1.43. The van der Waals surface area contributed by atoms with Crippen LogP contribution in [-0.4, -0.2) is 225 Å². The summed E-state index contributed by atoms with van der Waals surface area (Å²) in [6.07, 6.45) is -25.6. The van der Waals surface area contributed by atoms with Crippen LogP contribution in [-0.2, 0) is 72.9 Å². The first-order valence-corrected chi connectivity index (χ1v) is 27.3. The summed E-state index contributed by atoms with van der Waals surface area (Å²) in [4.78, 5) is 40.8. The van der Waals surface area contributed by atoms with Gasteiger partial charge in [0.25, 0.3) is 0 Å². The highest BCUT2D eigenvalue weighted by Crippen LogP contribution is 2.48. The van der Waals surface area contributed by atoms with Crippen LogP contribution in [0.4, 0.5) is 0 Å². The van der Waals surface area contributed by atoms with Crippen molar-refractivity contribution in [1.29, 1.82) is 0 Å². The Balaban J connectivity index is 1.03. The minimum absolute atomic E-state index is 0.00406. The summed E-state index contributed by atoms with van der Waals surface area (Å²) in [6.45, 7) is 13.6. The lowest BCUT2D eigenvalue weighted by Gasteiger charge is -2.46. The Morgan fingerprint density at radius 2 is 1.25 bits per heavy atom. The molecule has 6 aliphatic rings. The largest absolute Gasteiger partial charge is 0.507 e. The van der Waals surface area contributed by atoms with Gasteiger partial charge < -0.3 is 108 Å². The molecular formula is C55H80O25. The first kappa shape index (κ1) is 62.2. The number of carbonyl (C=O) groups is 3. The number of benzene rings is 2. The number of rotatable bonds is 17. The van der Waals surface area contributed by atoms with Crippen LogP contribution in [0.5, 0.6) is 17.2 Å². The van der Waals surface area contributed by atoms with E-state index in [0.717, 1.165) is 0 Å². The fourth-order valence-electron chi connectivity index (χ4n) is 12.1. The number of aliphatic hydroxyl groups is 7. The van der Waals surface area contributed by atoms with E-state index >= 15 is 4.79 Å². The molecule has 0 spiro atoms. The van der Waals surface area contributed by atoms with Crippen molar-refractivity contribution in [2.75, 3.05) is 14.2 Å². The maximum absolute atomic E-state index is 15.1. The standard InChI is InChI=1S/C55H80O25/c1-20-32(76-38-18-35(51(68-10)25(6)73-38)79-36-15-31(58)45(61)22(3)70-36)14-29-12-28-13-30(52(69-11)50(66)44(60)21(2)56)53(49(65)42(28)48(64)41(29)43(20)59)80-39-17-33(46(62)24(5)72-39)77-37-16-34(47(63)23(4)71-37)78-40-19-55(9,67)54(26(7)74-40)75-27(8)57/h12,14,21-26,30-31,33-40,44-47,51-54,56,58-64,67H,13,15-19H2,1-11H3. The summed E-state index contributed by atoms with van der Waals surface area (Å²) in [5.74, 6) is -4.58. The number of methoxy groups -OCH3 is 2. The van der Waals surface area contributed by atoms with Gasteiger partial charge in [0.1, 0.15) is 65.6 Å². The summed E-state index contributed by atoms with van der Waals surface area (Å²) in [6, 6.07) is 3.09. The zero-order chi connectivity index (χ0) is 58.6. The fraction of sp³-hybridized carbons (Fsp3) is 0.764. The Bertz CT molecular complexity index is 2500. The molecule has 25 atom stereocenters. The zero-order valence-corrected chi connectivity index (χ0v) is 46.8. The van der Waals surface area contributed by atoms with Crippen molar-refractivity contribution in [3.63, 3.8) is 0 Å². The minimum atomic E-state index is -1.95. The van der Waals surface area contributed by atoms with Gasteiger partial charge in [-0.15, -0.1) is 0 Å². The van der Waals surface area contributed by atoms with Gasteiger partial charge in [-0.25, -0.2) is 0 Å². The SMILES string of the molecule is COC(C(=O)C(O)C(C)O)C1Cc2cc3cc(OC4CC(OC5CC(O)C(O)C(C)O5)C(OC)C(C)O4)c(C)c(O)c3c(O)c2C(=O)C1OC1CC(OC2CC(OC3CC(C)(O)C(OC(C)=O)C(C)O3)C(O)C(C)O2)C(O)C(C)O1. The van der Waals surface area contributed by atoms with Crippen molar-refractivity contribution in [1.82, 2.24) is 0 Å². The van der Waals surface area contributed by atoms with Gasteiger partial charge >= 0.3 is 5.97 Å². The second kappa shape index (κ2) is 25.2. The molecule has 0 amide bonds. The first-order chi connectivity index (χ1) is 37.6. The van der Waals surface area contributed by atoms with Gasteiger partial charge in [-0.2, -0.15) is 0 Å². The van der Waals surface area contributed by atoms with Crippen LogP contribution in [0.1, 0.15) is 109 Å². The van der Waals surface area contributed by atoms with E-state index in [1.54, 1.807) is 53.7 Å². The van der Waals surface area contributed by atoms with Gasteiger partial charge in [0.05, 0.1) is 72.0 Å². The summed E-state index contributed by atoms with van der Waals surface area (Å²) in [7, 11) is 2.69. The monoisotopic (exact) mass is 1140 g/mol. The molecule has 0 saturated carbocycles. The van der Waals surface area contributed by atoms with Crippen LogP contribution in [0, 0.1) is 12.8 Å². The third-order valence-corrected chi connectivity index (χ3v) is 16.4. The molecule has 0 bridgehead atoms. The van der Waals surface area contributed by atoms with E-state index in [2.05, 4.69) is 0 Å². The molecule has 25 nitrogen and oxygen atoms in total. The van der Waals surface area contributed by atoms with Crippen molar-refractivity contribution in [2.24, 2.45) is 5.92 Å². The minimum Gasteiger partial charge on any atom is -0.507 e. The average Bonchev–Trinajstić information content (AvgIpc) is 3.47. The maximum atomic E-state index is 15.1. The van der Waals surface area contributed by atoms with Crippen molar-refractivity contribution in [3.05, 3.63) is 28.8 Å². The van der Waals surface area contributed by atoms with E-state index in [0.29, 0.717) is 0 Å². The maximum Gasteiger partial charge on any atom is 0.303 e. The molecule has 5 saturated heterocycles. The Morgan fingerprint density at radius 3 is 1.81 bits per heavy atom. The number of phenolic OH excluding ortho intramolecular Hbond substituents is 2. The number of Topliss-reactive ketones (excluding diaryl/α,β-unsaturated/α-hetero) is 2. The molecule has 5 heterocycles. The van der Waals surface area contributed by atoms with Crippen LogP contribution in [0.3, 0.4) is 0 Å². The Hall–Kier alpha value is -3.81. The molecule has 450 valence electrons. The molecule has 2 aromatic rings. The van der Waals surface area contributed by atoms with Crippen molar-refractivity contribution in [3.8, 4) is 17.2 Å². The third-order valence-electron chi connectivity index (χ3n) is 16.4. The second-order valence-electron chi connectivity index (χ2n) is 22.5. The first-order valence-electron chi connectivity index (χ1n) is 27.3. The number of ketones is 2. The van der Waals surface area contributed by atoms with Crippen molar-refractivity contribution < 1.29 is 122 Å². The fourth-order valence-corrected chi connectivity index (χ4v) is 12.1. The van der Waals surface area contributed by atoms with E-state index in [1.165, 1.54) is 35.0 Å². The van der Waals surface area contributed by atoms with Gasteiger partial charge in [0.15, 0.2) is 42.8 Å². The number of carbonyl (C=O) groups excluding carboxylic acids is 3. The van der Waals surface area contributed by atoms with Gasteiger partial charge in [-0.3, -0.25) is 14.4 Å². The van der Waals surface area contributed by atoms with Gasteiger partial charge in [-0.05, 0) is 84.9 Å². The Morgan fingerprint density at radius 1 is 0.713 bits per heavy atom. The highest BCUT2D eigenvalue weighted by Gasteiger charge is 2.52. The summed E-state index contributed by atoms with van der Waals surface area (Å²) < 4.78 is 78.6. The molecule has 5 aliphatic heterocycles. The van der Waals surface area contributed by atoms with Crippen LogP contribution >= 0.6 is 0 Å². The van der Waals surface area contributed by atoms with Gasteiger partial charge in [-0.1, -0.05) is 0 Å². The molecule has 2 aromatic carbocycles. The number of hydrogen-bond acceptors (Lipinski definition) is 25. The molecule has 25 unspecified atom stereocenters. The third kappa shape index (κ3) is 12.9. The smallest absolute Gasteiger partial charge is 0.303 e. The predicted molar refractivity (Wildman–Crippen MR) is 273 cm³/mol. The van der Waals surface area contributed by atoms with Crippen LogP contribution < -0.4 is 4.74 Å². The van der Waals surface area contributed by atoms with Crippen molar-refractivity contribution in [2.45, 2.75) is 248 Å². The molecule has 80 heavy (non-hydrogen) atoms. The number of aliphatic hydroxyl groups excluding tert-OH is 6. The Labute approximate surface area is 463 Å². The van der Waals surface area contributed by atoms with E-state index in [1.807, 2.05) is 0 Å². The predicted octanol–water partition coefficient (Wildman–Crippen LogP) is 0.976. The number of ether oxygens (including phenoxy) is 13. The summed E-state index contributed by atoms with van der Waals surface area (Å²) >= 11 is 0. The average molecular weight is 1140 g/mol. The van der Waals surface area contributed by atoms with Crippen LogP contribution in [0.15, 0.2) is 12.1 Å². The Kier molecular flexibility index (Phi) is 19.6. The highest BCUT2D eigenvalue weighted by molar-refractivity contribution is 6.11. The second-order valence-corrected chi connectivity index (χ2v) is 22.5. The topological polar surface area (TPSA) is 353 Å². The zero-order valence-electron chi connectivity index (χ0n) is 46.8. The van der Waals surface area contributed by atoms with E-state index < -0.39 is 182 Å². The molecule has 5 fully saturated rings. The highest BCUT2D eigenvalue weighted by atomic mass is 16.7. The molecule has 9 N–H and O–H groups in total. The quantitative estimate of drug-likeness (QED) is 0.0997. The van der Waals surface area contributed by atoms with Gasteiger partial charge in [0, 0.05) is 64.7 Å². The van der Waals surface area contributed by atoms with E-state index in [-0.39, 0.29) is 71.7 Å². The number of phenols is 2.